The largest absolute Gasteiger partial charge is 0.480 e. The summed E-state index contributed by atoms with van der Waals surface area (Å²) in [6.07, 6.45) is 8.45. The van der Waals surface area contributed by atoms with Gasteiger partial charge in [0.25, 0.3) is 5.91 Å². The molecule has 212 valence electrons. The van der Waals surface area contributed by atoms with Gasteiger partial charge in [-0.2, -0.15) is 4.98 Å². The van der Waals surface area contributed by atoms with Crippen LogP contribution in [-0.2, 0) is 14.3 Å². The third-order valence-electron chi connectivity index (χ3n) is 8.38. The molecule has 3 aliphatic heterocycles. The van der Waals surface area contributed by atoms with Crippen LogP contribution in [0, 0.1) is 0 Å². The maximum Gasteiger partial charge on any atom is 0.306 e. The Balaban J connectivity index is 1.14. The van der Waals surface area contributed by atoms with Gasteiger partial charge >= 0.3 is 5.97 Å². The molecular weight excluding hydrogens is 510 g/mol. The van der Waals surface area contributed by atoms with Gasteiger partial charge in [0.1, 0.15) is 17.5 Å². The van der Waals surface area contributed by atoms with Crippen molar-refractivity contribution in [3.05, 3.63) is 16.7 Å². The number of amides is 1. The molecule has 0 aliphatic carbocycles. The second-order valence-corrected chi connectivity index (χ2v) is 11.2. The van der Waals surface area contributed by atoms with Gasteiger partial charge in [0.15, 0.2) is 0 Å². The molecule has 10 nitrogen and oxygen atoms in total. The fourth-order valence-electron chi connectivity index (χ4n) is 6.12. The molecule has 11 heteroatoms. The highest BCUT2D eigenvalue weighted by molar-refractivity contribution is 6.33. The number of carbonyl (C=O) groups is 2. The zero-order valence-electron chi connectivity index (χ0n) is 22.8. The van der Waals surface area contributed by atoms with Gasteiger partial charge in [-0.05, 0) is 64.6 Å². The first-order valence-corrected chi connectivity index (χ1v) is 14.1. The number of nitrogens with zero attached hydrogens (tertiary/aromatic N) is 3. The number of nitrogen functional groups attached to an aromatic ring is 1. The van der Waals surface area contributed by atoms with Crippen molar-refractivity contribution < 1.29 is 23.8 Å². The van der Waals surface area contributed by atoms with E-state index in [0.717, 1.165) is 58.2 Å². The number of piperidine rings is 2. The Bertz CT molecular complexity index is 967. The number of likely N-dealkylation sites (tertiary alicyclic amines) is 1. The Morgan fingerprint density at radius 2 is 1.89 bits per heavy atom. The number of fused-ring (bicyclic) bond motifs is 2. The van der Waals surface area contributed by atoms with Crippen molar-refractivity contribution in [2.24, 2.45) is 0 Å². The average molecular weight is 552 g/mol. The number of hydrogen-bond acceptors (Lipinski definition) is 9. The number of carbonyl (C=O) groups excluding carboxylic acids is 2. The van der Waals surface area contributed by atoms with Crippen LogP contribution < -0.4 is 15.8 Å². The number of esters is 1. The van der Waals surface area contributed by atoms with Gasteiger partial charge in [0.2, 0.25) is 5.88 Å². The second-order valence-electron chi connectivity index (χ2n) is 10.8. The lowest BCUT2D eigenvalue weighted by Gasteiger charge is -2.38. The summed E-state index contributed by atoms with van der Waals surface area (Å²) >= 11 is 6.07. The smallest absolute Gasteiger partial charge is 0.306 e. The molecule has 1 aromatic heterocycles. The molecule has 3 aliphatic rings. The van der Waals surface area contributed by atoms with Gasteiger partial charge in [-0.25, -0.2) is 0 Å². The van der Waals surface area contributed by atoms with Crippen molar-refractivity contribution in [1.29, 1.82) is 0 Å². The number of halogens is 1. The first kappa shape index (κ1) is 28.9. The molecule has 38 heavy (non-hydrogen) atoms. The lowest BCUT2D eigenvalue weighted by atomic mass is 10.0. The highest BCUT2D eigenvalue weighted by atomic mass is 35.5. The molecule has 0 radical (unpaired) electrons. The van der Waals surface area contributed by atoms with Crippen LogP contribution in [0.3, 0.4) is 0 Å². The normalized spacial score (nSPS) is 27.7. The van der Waals surface area contributed by atoms with Crippen molar-refractivity contribution in [3.63, 3.8) is 0 Å². The molecule has 2 unspecified atom stereocenters. The minimum atomic E-state index is -0.323. The van der Waals surface area contributed by atoms with E-state index in [1.54, 1.807) is 7.11 Å². The van der Waals surface area contributed by atoms with Crippen molar-refractivity contribution >= 4 is 29.3 Å². The number of nitrogens with one attached hydrogen (secondary N) is 1. The molecule has 3 N–H and O–H groups in total. The van der Waals surface area contributed by atoms with Crippen LogP contribution in [0.15, 0.2) is 6.07 Å². The Hall–Kier alpha value is -2.14. The van der Waals surface area contributed by atoms with E-state index in [2.05, 4.69) is 27.1 Å². The second kappa shape index (κ2) is 13.3. The quantitative estimate of drug-likeness (QED) is 0.316. The Kier molecular flexibility index (Phi) is 10.1. The summed E-state index contributed by atoms with van der Waals surface area (Å²) in [5, 5.41) is 3.25. The SMILES string of the molecule is COc1nc(N)c(Cl)cc1C(=O)N[C@H]1CCN(CCCCCC(=O)OC2CC3CCC(C2)N3C)C[C@H]1OC. The van der Waals surface area contributed by atoms with Crippen LogP contribution in [0.1, 0.15) is 68.1 Å². The van der Waals surface area contributed by atoms with Gasteiger partial charge < -0.3 is 35.1 Å². The fourth-order valence-corrected chi connectivity index (χ4v) is 6.27. The van der Waals surface area contributed by atoms with E-state index >= 15 is 0 Å². The van der Waals surface area contributed by atoms with E-state index in [4.69, 9.17) is 31.5 Å². The summed E-state index contributed by atoms with van der Waals surface area (Å²) in [6.45, 7) is 2.50. The van der Waals surface area contributed by atoms with Gasteiger partial charge in [-0.1, -0.05) is 18.0 Å². The summed E-state index contributed by atoms with van der Waals surface area (Å²) in [5.41, 5.74) is 5.97. The maximum absolute atomic E-state index is 12.9. The van der Waals surface area contributed by atoms with Crippen LogP contribution in [0.4, 0.5) is 5.82 Å². The van der Waals surface area contributed by atoms with Gasteiger partial charge in [0.05, 0.1) is 24.3 Å². The number of ether oxygens (including phenoxy) is 3. The van der Waals surface area contributed by atoms with Gasteiger partial charge in [-0.3, -0.25) is 9.59 Å². The highest BCUT2D eigenvalue weighted by Gasteiger charge is 2.39. The Morgan fingerprint density at radius 3 is 2.58 bits per heavy atom. The number of unbranched alkanes of at least 4 members (excludes halogenated alkanes) is 2. The summed E-state index contributed by atoms with van der Waals surface area (Å²) < 4.78 is 16.7. The van der Waals surface area contributed by atoms with Gasteiger partial charge in [0, 0.05) is 38.7 Å². The van der Waals surface area contributed by atoms with E-state index in [9.17, 15) is 9.59 Å². The fraction of sp³-hybridized carbons (Fsp3) is 0.741. The van der Waals surface area contributed by atoms with E-state index in [-0.39, 0.29) is 52.4 Å². The summed E-state index contributed by atoms with van der Waals surface area (Å²) in [5.74, 6) is -0.122. The number of methoxy groups -OCH3 is 2. The summed E-state index contributed by atoms with van der Waals surface area (Å²) in [6, 6.07) is 2.49. The van der Waals surface area contributed by atoms with Crippen molar-refractivity contribution in [2.75, 3.05) is 46.6 Å². The molecule has 1 aromatic rings. The zero-order chi connectivity index (χ0) is 27.2. The molecule has 4 atom stereocenters. The summed E-state index contributed by atoms with van der Waals surface area (Å²) in [7, 11) is 5.29. The number of rotatable bonds is 11. The van der Waals surface area contributed by atoms with E-state index in [1.807, 2.05) is 0 Å². The molecule has 3 saturated heterocycles. The summed E-state index contributed by atoms with van der Waals surface area (Å²) in [4.78, 5) is 34.1. The predicted molar refractivity (Wildman–Crippen MR) is 145 cm³/mol. The average Bonchev–Trinajstić information content (AvgIpc) is 3.10. The first-order chi connectivity index (χ1) is 18.3. The van der Waals surface area contributed by atoms with E-state index in [1.165, 1.54) is 26.0 Å². The van der Waals surface area contributed by atoms with Crippen LogP contribution in [0.2, 0.25) is 5.02 Å². The first-order valence-electron chi connectivity index (χ1n) is 13.8. The third kappa shape index (κ3) is 7.08. The van der Waals surface area contributed by atoms with Crippen LogP contribution in [-0.4, -0.2) is 97.9 Å². The Morgan fingerprint density at radius 1 is 1.16 bits per heavy atom. The zero-order valence-corrected chi connectivity index (χ0v) is 23.5. The molecular formula is C27H42ClN5O5. The van der Waals surface area contributed by atoms with Crippen LogP contribution in [0.25, 0.3) is 0 Å². The Labute approximate surface area is 230 Å². The number of aromatic nitrogens is 1. The molecule has 2 bridgehead atoms. The standard InChI is InChI=1S/C27H42ClN5O5/c1-32-17-8-9-18(32)14-19(13-17)38-24(34)7-5-4-6-11-33-12-10-22(23(16-33)36-2)30-26(35)20-15-21(28)25(29)31-27(20)37-3/h15,17-19,22-23H,4-14,16H2,1-3H3,(H2,29,31)(H,30,35)/t17?,18?,19?,22-,23+/m0/s1. The number of hydrogen-bond donors (Lipinski definition) is 2. The predicted octanol–water partition coefficient (Wildman–Crippen LogP) is 2.87. The van der Waals surface area contributed by atoms with Crippen LogP contribution >= 0.6 is 11.6 Å². The molecule has 4 heterocycles. The molecule has 1 amide bonds. The highest BCUT2D eigenvalue weighted by Crippen LogP contribution is 2.35. The maximum atomic E-state index is 12.9. The van der Waals surface area contributed by atoms with Gasteiger partial charge in [-0.15, -0.1) is 0 Å². The molecule has 4 rings (SSSR count). The van der Waals surface area contributed by atoms with E-state index in [0.29, 0.717) is 18.5 Å². The van der Waals surface area contributed by atoms with Crippen molar-refractivity contribution in [1.82, 2.24) is 20.1 Å². The minimum Gasteiger partial charge on any atom is -0.480 e. The molecule has 0 aromatic carbocycles. The number of anilines is 1. The molecule has 0 spiro atoms. The molecule has 3 fully saturated rings. The monoisotopic (exact) mass is 551 g/mol. The number of pyridine rings is 1. The van der Waals surface area contributed by atoms with Crippen LogP contribution in [0.5, 0.6) is 5.88 Å². The minimum absolute atomic E-state index is 0.0517. The lowest BCUT2D eigenvalue weighted by molar-refractivity contribution is -0.152. The number of nitrogens with two attached hydrogens (primary N) is 1. The molecule has 0 saturated carbocycles. The lowest BCUT2D eigenvalue weighted by Crippen LogP contribution is -2.54. The van der Waals surface area contributed by atoms with Crippen molar-refractivity contribution in [3.8, 4) is 5.88 Å². The topological polar surface area (TPSA) is 119 Å². The van der Waals surface area contributed by atoms with E-state index < -0.39 is 0 Å². The van der Waals surface area contributed by atoms with Crippen molar-refractivity contribution in [2.45, 2.75) is 88.1 Å². The third-order valence-corrected chi connectivity index (χ3v) is 8.68.